The van der Waals surface area contributed by atoms with Gasteiger partial charge in [0.2, 0.25) is 5.78 Å². The van der Waals surface area contributed by atoms with Crippen LogP contribution >= 0.6 is 0 Å². The molecule has 2 rings (SSSR count). The number of H-pyrrole nitrogens is 1. The first-order valence-corrected chi connectivity index (χ1v) is 6.94. The molecule has 0 atom stereocenters. The van der Waals surface area contributed by atoms with E-state index in [1.54, 1.807) is 31.2 Å². The van der Waals surface area contributed by atoms with Crippen molar-refractivity contribution >= 4 is 17.9 Å². The molecule has 0 amide bonds. The molecule has 0 aliphatic rings. The number of carbonyl (C=O) groups excluding carboxylic acids is 1. The smallest absolute Gasteiger partial charge is 0.361 e. The molecule has 120 valence electrons. The molecule has 6 heteroatoms. The van der Waals surface area contributed by atoms with Gasteiger partial charge in [-0.3, -0.25) is 4.79 Å². The van der Waals surface area contributed by atoms with E-state index in [1.165, 1.54) is 18.3 Å². The summed E-state index contributed by atoms with van der Waals surface area (Å²) in [5.41, 5.74) is -1.04. The molecular formula is C17H15F3N2O. The van der Waals surface area contributed by atoms with Crippen molar-refractivity contribution in [1.82, 2.24) is 9.97 Å². The highest BCUT2D eigenvalue weighted by atomic mass is 19.4. The SMILES string of the molecule is C\C=C/C=c1/c(C(=O)c2cccc(C(F)(F)F)n2)c[nH]/c1=C/C. The van der Waals surface area contributed by atoms with Gasteiger partial charge in [0.05, 0.1) is 0 Å². The highest BCUT2D eigenvalue weighted by molar-refractivity contribution is 6.07. The van der Waals surface area contributed by atoms with Crippen LogP contribution in [0.25, 0.3) is 12.2 Å². The second-order valence-electron chi connectivity index (χ2n) is 4.75. The molecule has 1 N–H and O–H groups in total. The van der Waals surface area contributed by atoms with E-state index in [9.17, 15) is 18.0 Å². The van der Waals surface area contributed by atoms with Gasteiger partial charge in [0.1, 0.15) is 11.4 Å². The number of allylic oxidation sites excluding steroid dienone is 2. The summed E-state index contributed by atoms with van der Waals surface area (Å²) in [4.78, 5) is 18.9. The van der Waals surface area contributed by atoms with Gasteiger partial charge in [-0.1, -0.05) is 30.4 Å². The van der Waals surface area contributed by atoms with Crippen LogP contribution in [0.5, 0.6) is 0 Å². The topological polar surface area (TPSA) is 45.8 Å². The molecule has 0 aliphatic carbocycles. The van der Waals surface area contributed by atoms with Crippen LogP contribution in [0.3, 0.4) is 0 Å². The standard InChI is InChI=1S/C17H15F3N2O/c1-3-5-7-11-12(10-21-13(11)4-2)16(23)14-8-6-9-15(22-14)17(18,19)20/h3-10,21H,1-2H3/b5-3-,11-7-,13-4+. The fourth-order valence-corrected chi connectivity index (χ4v) is 2.11. The Morgan fingerprint density at radius 2 is 2.00 bits per heavy atom. The van der Waals surface area contributed by atoms with Crippen LogP contribution in [0.1, 0.15) is 35.6 Å². The van der Waals surface area contributed by atoms with Crippen LogP contribution in [0.15, 0.2) is 36.5 Å². The first kappa shape index (κ1) is 16.7. The third kappa shape index (κ3) is 3.59. The summed E-state index contributed by atoms with van der Waals surface area (Å²) in [6.45, 7) is 3.63. The minimum atomic E-state index is -4.59. The summed E-state index contributed by atoms with van der Waals surface area (Å²) in [6, 6.07) is 3.29. The molecule has 0 aromatic carbocycles. The highest BCUT2D eigenvalue weighted by Crippen LogP contribution is 2.27. The summed E-state index contributed by atoms with van der Waals surface area (Å²) in [7, 11) is 0. The lowest BCUT2D eigenvalue weighted by atomic mass is 10.1. The normalized spacial score (nSPS) is 14.0. The second-order valence-corrected chi connectivity index (χ2v) is 4.75. The van der Waals surface area contributed by atoms with Gasteiger partial charge in [0, 0.05) is 22.3 Å². The van der Waals surface area contributed by atoms with Crippen LogP contribution in [0, 0.1) is 0 Å². The summed E-state index contributed by atoms with van der Waals surface area (Å²) in [5.74, 6) is -0.559. The van der Waals surface area contributed by atoms with Crippen molar-refractivity contribution < 1.29 is 18.0 Å². The van der Waals surface area contributed by atoms with E-state index in [1.807, 2.05) is 6.92 Å². The Balaban J connectivity index is 2.57. The number of aromatic amines is 1. The van der Waals surface area contributed by atoms with Crippen molar-refractivity contribution in [3.63, 3.8) is 0 Å². The van der Waals surface area contributed by atoms with Gasteiger partial charge in [-0.15, -0.1) is 0 Å². The fraction of sp³-hybridized carbons (Fsp3) is 0.176. The molecule has 0 aliphatic heterocycles. The first-order valence-electron chi connectivity index (χ1n) is 6.94. The maximum absolute atomic E-state index is 12.7. The van der Waals surface area contributed by atoms with Crippen molar-refractivity contribution in [3.05, 3.63) is 64.1 Å². The monoisotopic (exact) mass is 320 g/mol. The molecule has 2 heterocycles. The lowest BCUT2D eigenvalue weighted by Gasteiger charge is -2.06. The Morgan fingerprint density at radius 1 is 1.26 bits per heavy atom. The molecule has 0 unspecified atom stereocenters. The average Bonchev–Trinajstić information content (AvgIpc) is 2.94. The Bertz CT molecular complexity index is 861. The number of nitrogens with one attached hydrogen (secondary N) is 1. The molecule has 0 bridgehead atoms. The number of ketones is 1. The summed E-state index contributed by atoms with van der Waals surface area (Å²) >= 11 is 0. The van der Waals surface area contributed by atoms with Crippen molar-refractivity contribution in [2.45, 2.75) is 20.0 Å². The number of carbonyl (C=O) groups is 1. The third-order valence-electron chi connectivity index (χ3n) is 3.21. The second kappa shape index (κ2) is 6.64. The molecular weight excluding hydrogens is 305 g/mol. The molecule has 0 spiro atoms. The van der Waals surface area contributed by atoms with Crippen molar-refractivity contribution in [2.75, 3.05) is 0 Å². The molecule has 0 radical (unpaired) electrons. The van der Waals surface area contributed by atoms with Crippen molar-refractivity contribution in [3.8, 4) is 0 Å². The number of nitrogens with zero attached hydrogens (tertiary/aromatic N) is 1. The Hall–Kier alpha value is -2.63. The number of alkyl halides is 3. The molecule has 0 fully saturated rings. The van der Waals surface area contributed by atoms with Gasteiger partial charge in [-0.05, 0) is 26.0 Å². The Kier molecular flexibility index (Phi) is 4.83. The predicted molar refractivity (Wildman–Crippen MR) is 82.1 cm³/mol. The van der Waals surface area contributed by atoms with Crippen LogP contribution in [0.4, 0.5) is 13.2 Å². The lowest BCUT2D eigenvalue weighted by Crippen LogP contribution is -2.27. The van der Waals surface area contributed by atoms with Crippen LogP contribution in [-0.4, -0.2) is 15.8 Å². The van der Waals surface area contributed by atoms with E-state index in [2.05, 4.69) is 9.97 Å². The molecule has 3 nitrogen and oxygen atoms in total. The van der Waals surface area contributed by atoms with Gasteiger partial charge >= 0.3 is 6.18 Å². The zero-order valence-electron chi connectivity index (χ0n) is 12.6. The number of rotatable bonds is 3. The van der Waals surface area contributed by atoms with Crippen molar-refractivity contribution in [1.29, 1.82) is 0 Å². The van der Waals surface area contributed by atoms with Crippen molar-refractivity contribution in [2.24, 2.45) is 0 Å². The summed E-state index contributed by atoms with van der Waals surface area (Å²) in [5, 5.41) is 1.34. The van der Waals surface area contributed by atoms with Gasteiger partial charge < -0.3 is 4.98 Å². The van der Waals surface area contributed by atoms with Crippen LogP contribution < -0.4 is 10.6 Å². The minimum Gasteiger partial charge on any atom is -0.361 e. The van der Waals surface area contributed by atoms with Gasteiger partial charge in [-0.2, -0.15) is 13.2 Å². The Labute approximate surface area is 130 Å². The lowest BCUT2D eigenvalue weighted by molar-refractivity contribution is -0.141. The van der Waals surface area contributed by atoms with E-state index < -0.39 is 17.7 Å². The fourth-order valence-electron chi connectivity index (χ4n) is 2.11. The van der Waals surface area contributed by atoms with E-state index >= 15 is 0 Å². The molecule has 0 saturated heterocycles. The van der Waals surface area contributed by atoms with Crippen LogP contribution in [-0.2, 0) is 6.18 Å². The number of hydrogen-bond donors (Lipinski definition) is 1. The average molecular weight is 320 g/mol. The maximum Gasteiger partial charge on any atom is 0.433 e. The maximum atomic E-state index is 12.7. The number of hydrogen-bond acceptors (Lipinski definition) is 2. The molecule has 2 aromatic rings. The minimum absolute atomic E-state index is 0.239. The summed E-state index contributed by atoms with van der Waals surface area (Å²) < 4.78 is 38.2. The molecule has 0 saturated carbocycles. The Morgan fingerprint density at radius 3 is 2.61 bits per heavy atom. The van der Waals surface area contributed by atoms with Gasteiger partial charge in [0.25, 0.3) is 0 Å². The largest absolute Gasteiger partial charge is 0.433 e. The third-order valence-corrected chi connectivity index (χ3v) is 3.21. The van der Waals surface area contributed by atoms with E-state index in [4.69, 9.17) is 0 Å². The summed E-state index contributed by atoms with van der Waals surface area (Å²) in [6.07, 6.45) is 3.96. The van der Waals surface area contributed by atoms with E-state index in [-0.39, 0.29) is 11.3 Å². The molecule has 2 aromatic heterocycles. The van der Waals surface area contributed by atoms with E-state index in [0.29, 0.717) is 5.22 Å². The first-order chi connectivity index (χ1) is 10.9. The van der Waals surface area contributed by atoms with Crippen LogP contribution in [0.2, 0.25) is 0 Å². The predicted octanol–water partition coefficient (Wildman–Crippen LogP) is 2.82. The molecule has 23 heavy (non-hydrogen) atoms. The quantitative estimate of drug-likeness (QED) is 0.884. The highest BCUT2D eigenvalue weighted by Gasteiger charge is 2.33. The number of halogens is 3. The van der Waals surface area contributed by atoms with Gasteiger partial charge in [0.15, 0.2) is 0 Å². The number of pyridine rings is 1. The van der Waals surface area contributed by atoms with E-state index in [0.717, 1.165) is 11.4 Å². The zero-order valence-corrected chi connectivity index (χ0v) is 12.6. The number of aromatic nitrogens is 2. The zero-order chi connectivity index (χ0) is 17.0. The van der Waals surface area contributed by atoms with Gasteiger partial charge in [-0.25, -0.2) is 4.98 Å².